The number of aromatic nitrogens is 4. The molecule has 1 aliphatic heterocycles. The van der Waals surface area contributed by atoms with Crippen molar-refractivity contribution in [3.8, 4) is 17.5 Å². The van der Waals surface area contributed by atoms with E-state index in [1.54, 1.807) is 34.1 Å². The number of hydrogen-bond donors (Lipinski definition) is 2. The first kappa shape index (κ1) is 18.6. The Labute approximate surface area is 176 Å². The van der Waals surface area contributed by atoms with Crippen molar-refractivity contribution in [1.29, 1.82) is 0 Å². The van der Waals surface area contributed by atoms with Crippen LogP contribution in [0, 0.1) is 0 Å². The highest BCUT2D eigenvalue weighted by molar-refractivity contribution is 7.09. The molecule has 4 aromatic rings. The molecule has 30 heavy (non-hydrogen) atoms. The number of amides is 1. The number of nitrogens with one attached hydrogen (secondary N) is 1. The molecule has 0 saturated carbocycles. The molecule has 0 aromatic carbocycles. The van der Waals surface area contributed by atoms with Gasteiger partial charge in [0.25, 0.3) is 5.91 Å². The molecule has 0 radical (unpaired) electrons. The zero-order chi connectivity index (χ0) is 20.5. The molecule has 0 unspecified atom stereocenters. The summed E-state index contributed by atoms with van der Waals surface area (Å²) in [6.07, 6.45) is 6.29. The SMILES string of the molecule is NC(=O)c1cccn2c(-c3nc(NCc4cccs4)c4c(n3)OCCCC4)ncc12. The minimum Gasteiger partial charge on any atom is -0.477 e. The van der Waals surface area contributed by atoms with Crippen molar-refractivity contribution in [3.63, 3.8) is 0 Å². The van der Waals surface area contributed by atoms with E-state index in [9.17, 15) is 4.79 Å². The van der Waals surface area contributed by atoms with Crippen LogP contribution in [0.3, 0.4) is 0 Å². The summed E-state index contributed by atoms with van der Waals surface area (Å²) in [5.41, 5.74) is 7.52. The van der Waals surface area contributed by atoms with Crippen LogP contribution < -0.4 is 15.8 Å². The molecular formula is C21H20N6O2S. The number of nitrogens with two attached hydrogens (primary N) is 1. The van der Waals surface area contributed by atoms with Gasteiger partial charge in [0.05, 0.1) is 36.0 Å². The fourth-order valence-corrected chi connectivity index (χ4v) is 4.25. The first-order chi connectivity index (χ1) is 14.7. The minimum absolute atomic E-state index is 0.401. The third-order valence-corrected chi connectivity index (χ3v) is 5.95. The predicted molar refractivity (Wildman–Crippen MR) is 115 cm³/mol. The van der Waals surface area contributed by atoms with E-state index in [0.717, 1.165) is 30.6 Å². The lowest BCUT2D eigenvalue weighted by Gasteiger charge is -2.14. The van der Waals surface area contributed by atoms with E-state index < -0.39 is 5.91 Å². The highest BCUT2D eigenvalue weighted by Crippen LogP contribution is 2.31. The first-order valence-electron chi connectivity index (χ1n) is 9.77. The maximum absolute atomic E-state index is 11.8. The summed E-state index contributed by atoms with van der Waals surface area (Å²) in [4.78, 5) is 26.9. The van der Waals surface area contributed by atoms with E-state index >= 15 is 0 Å². The van der Waals surface area contributed by atoms with Crippen LogP contribution in [0.15, 0.2) is 42.0 Å². The number of pyridine rings is 1. The third-order valence-electron chi connectivity index (χ3n) is 5.08. The largest absolute Gasteiger partial charge is 0.477 e. The zero-order valence-corrected chi connectivity index (χ0v) is 17.0. The van der Waals surface area contributed by atoms with Crippen LogP contribution in [0.1, 0.15) is 33.6 Å². The van der Waals surface area contributed by atoms with Gasteiger partial charge in [-0.2, -0.15) is 4.98 Å². The lowest BCUT2D eigenvalue weighted by atomic mass is 10.1. The van der Waals surface area contributed by atoms with Crippen molar-refractivity contribution >= 4 is 28.6 Å². The number of carbonyl (C=O) groups excluding carboxylic acids is 1. The summed E-state index contributed by atoms with van der Waals surface area (Å²) in [5.74, 6) is 1.81. The molecule has 0 saturated heterocycles. The Morgan fingerprint density at radius 2 is 2.20 bits per heavy atom. The normalized spacial score (nSPS) is 13.5. The van der Waals surface area contributed by atoms with E-state index in [0.29, 0.717) is 41.8 Å². The van der Waals surface area contributed by atoms with Crippen molar-refractivity contribution in [2.45, 2.75) is 25.8 Å². The number of hydrogen-bond acceptors (Lipinski definition) is 7. The Kier molecular flexibility index (Phi) is 4.80. The van der Waals surface area contributed by atoms with Crippen molar-refractivity contribution in [1.82, 2.24) is 19.4 Å². The van der Waals surface area contributed by atoms with Gasteiger partial charge in [-0.05, 0) is 42.8 Å². The number of ether oxygens (including phenoxy) is 1. The van der Waals surface area contributed by atoms with Crippen LogP contribution in [-0.4, -0.2) is 31.9 Å². The predicted octanol–water partition coefficient (Wildman–Crippen LogP) is 3.28. The maximum atomic E-state index is 11.8. The van der Waals surface area contributed by atoms with Crippen LogP contribution in [0.4, 0.5) is 5.82 Å². The molecule has 1 amide bonds. The maximum Gasteiger partial charge on any atom is 0.250 e. The molecular weight excluding hydrogens is 400 g/mol. The van der Waals surface area contributed by atoms with Crippen molar-refractivity contribution < 1.29 is 9.53 Å². The lowest BCUT2D eigenvalue weighted by Crippen LogP contribution is -2.12. The molecule has 152 valence electrons. The average Bonchev–Trinajstić information content (AvgIpc) is 3.36. The fourth-order valence-electron chi connectivity index (χ4n) is 3.61. The Morgan fingerprint density at radius 1 is 1.27 bits per heavy atom. The van der Waals surface area contributed by atoms with Gasteiger partial charge in [-0.1, -0.05) is 6.07 Å². The van der Waals surface area contributed by atoms with Crippen LogP contribution in [0.5, 0.6) is 5.88 Å². The molecule has 0 fully saturated rings. The smallest absolute Gasteiger partial charge is 0.250 e. The Hall–Kier alpha value is -3.46. The van der Waals surface area contributed by atoms with E-state index in [1.807, 2.05) is 12.3 Å². The molecule has 0 spiro atoms. The monoisotopic (exact) mass is 420 g/mol. The van der Waals surface area contributed by atoms with Gasteiger partial charge in [0.15, 0.2) is 5.82 Å². The Bertz CT molecular complexity index is 1220. The van der Waals surface area contributed by atoms with Gasteiger partial charge in [-0.15, -0.1) is 11.3 Å². The van der Waals surface area contributed by atoms with Crippen LogP contribution in [0.25, 0.3) is 17.2 Å². The van der Waals surface area contributed by atoms with Gasteiger partial charge in [0.2, 0.25) is 11.7 Å². The molecule has 9 heteroatoms. The number of primary amides is 1. The van der Waals surface area contributed by atoms with Gasteiger partial charge in [-0.25, -0.2) is 9.97 Å². The second kappa shape index (κ2) is 7.75. The second-order valence-electron chi connectivity index (χ2n) is 7.04. The summed E-state index contributed by atoms with van der Waals surface area (Å²) in [6.45, 7) is 1.30. The van der Waals surface area contributed by atoms with Gasteiger partial charge in [0.1, 0.15) is 5.82 Å². The summed E-state index contributed by atoms with van der Waals surface area (Å²) in [7, 11) is 0. The molecule has 0 aliphatic carbocycles. The third kappa shape index (κ3) is 3.37. The number of imidazole rings is 1. The fraction of sp³-hybridized carbons (Fsp3) is 0.238. The van der Waals surface area contributed by atoms with Crippen LogP contribution in [0.2, 0.25) is 0 Å². The topological polar surface area (TPSA) is 107 Å². The van der Waals surface area contributed by atoms with Crippen LogP contribution >= 0.6 is 11.3 Å². The zero-order valence-electron chi connectivity index (χ0n) is 16.2. The molecule has 0 bridgehead atoms. The van der Waals surface area contributed by atoms with Gasteiger partial charge >= 0.3 is 0 Å². The molecule has 0 atom stereocenters. The minimum atomic E-state index is -0.503. The molecule has 1 aliphatic rings. The summed E-state index contributed by atoms with van der Waals surface area (Å²) >= 11 is 1.69. The number of nitrogens with zero attached hydrogens (tertiary/aromatic N) is 4. The molecule has 5 heterocycles. The number of anilines is 1. The van der Waals surface area contributed by atoms with Crippen molar-refractivity contribution in [2.75, 3.05) is 11.9 Å². The van der Waals surface area contributed by atoms with E-state index in [-0.39, 0.29) is 0 Å². The van der Waals surface area contributed by atoms with Gasteiger partial charge in [-0.3, -0.25) is 9.20 Å². The number of rotatable bonds is 5. The molecule has 8 nitrogen and oxygen atoms in total. The summed E-state index contributed by atoms with van der Waals surface area (Å²) < 4.78 is 7.72. The Morgan fingerprint density at radius 3 is 3.03 bits per heavy atom. The lowest BCUT2D eigenvalue weighted by molar-refractivity contribution is 0.100. The number of carbonyl (C=O) groups is 1. The van der Waals surface area contributed by atoms with E-state index in [1.165, 1.54) is 4.88 Å². The Balaban J connectivity index is 1.61. The quantitative estimate of drug-likeness (QED) is 0.513. The van der Waals surface area contributed by atoms with Crippen LogP contribution in [-0.2, 0) is 13.0 Å². The van der Waals surface area contributed by atoms with Gasteiger partial charge in [0, 0.05) is 11.1 Å². The first-order valence-corrected chi connectivity index (χ1v) is 10.6. The van der Waals surface area contributed by atoms with Crippen molar-refractivity contribution in [2.24, 2.45) is 5.73 Å². The highest BCUT2D eigenvalue weighted by atomic mass is 32.1. The molecule has 3 N–H and O–H groups in total. The average molecular weight is 420 g/mol. The standard InChI is InChI=1S/C21H20N6O2S/c22-17(28)14-7-3-8-27-16(14)12-24-20(27)19-25-18(23-11-13-5-4-10-30-13)15-6-1-2-9-29-21(15)26-19/h3-5,7-8,10,12H,1-2,6,9,11H2,(H2,22,28)(H,23,25,26). The second-order valence-corrected chi connectivity index (χ2v) is 8.07. The summed E-state index contributed by atoms with van der Waals surface area (Å²) in [5, 5.41) is 5.51. The molecule has 5 rings (SSSR count). The highest BCUT2D eigenvalue weighted by Gasteiger charge is 2.21. The van der Waals surface area contributed by atoms with Gasteiger partial charge < -0.3 is 15.8 Å². The van der Waals surface area contributed by atoms with Crippen molar-refractivity contribution in [3.05, 3.63) is 58.0 Å². The number of thiophene rings is 1. The molecule has 4 aromatic heterocycles. The van der Waals surface area contributed by atoms with E-state index in [2.05, 4.69) is 26.7 Å². The summed E-state index contributed by atoms with van der Waals surface area (Å²) in [6, 6.07) is 7.55. The van der Waals surface area contributed by atoms with E-state index in [4.69, 9.17) is 15.5 Å². The number of fused-ring (bicyclic) bond motifs is 2.